The van der Waals surface area contributed by atoms with Crippen molar-refractivity contribution in [3.8, 4) is 0 Å². The normalized spacial score (nSPS) is 37.8. The summed E-state index contributed by atoms with van der Waals surface area (Å²) in [7, 11) is 1.88. The van der Waals surface area contributed by atoms with Gasteiger partial charge in [0, 0.05) is 13.0 Å². The summed E-state index contributed by atoms with van der Waals surface area (Å²) in [6, 6.07) is -1.41. The maximum atomic E-state index is 13.1. The summed E-state index contributed by atoms with van der Waals surface area (Å²) in [4.78, 5) is 25.0. The molecule has 11 heteroatoms. The number of amides is 2. The number of thioether (sulfide) groups is 1. The van der Waals surface area contributed by atoms with Crippen molar-refractivity contribution in [1.29, 1.82) is 0 Å². The van der Waals surface area contributed by atoms with Gasteiger partial charge in [0.15, 0.2) is 0 Å². The van der Waals surface area contributed by atoms with Crippen LogP contribution in [0.5, 0.6) is 0 Å². The van der Waals surface area contributed by atoms with E-state index in [0.29, 0.717) is 12.3 Å². The first-order valence-electron chi connectivity index (χ1n) is 11.2. The van der Waals surface area contributed by atoms with Crippen LogP contribution in [0.15, 0.2) is 0 Å². The molecule has 0 aromatic rings. The largest absolute Gasteiger partial charge is 0.391 e. The van der Waals surface area contributed by atoms with E-state index in [0.717, 1.165) is 31.1 Å². The predicted molar refractivity (Wildman–Crippen MR) is 121 cm³/mol. The molecule has 0 saturated carbocycles. The number of primary amides is 1. The predicted octanol–water partition coefficient (Wildman–Crippen LogP) is -1.22. The highest BCUT2D eigenvalue weighted by Crippen LogP contribution is 2.42. The average Bonchev–Trinajstić information content (AvgIpc) is 3.10. The Bertz CT molecular complexity index is 655. The molecule has 0 bridgehead atoms. The summed E-state index contributed by atoms with van der Waals surface area (Å²) in [5.41, 5.74) is 5.26. The molecule has 0 spiro atoms. The standard InChI is InChI=1S/C21H39N3O7S/c1-5-6-12-9-13(24(3)10-12)20(30)23-15(11(2)25)18-16(27)17(28)19(29)21(31-18,32-4)8-7-14(22)26/h11-13,15-19,25,27-29H,5-10H2,1-4H3,(H2,22,26)(H,23,30)/t11-,12-,13+,15-,16-,17+,18-,19-,21-/m1/s1. The summed E-state index contributed by atoms with van der Waals surface area (Å²) in [5, 5.41) is 45.1. The van der Waals surface area contributed by atoms with Crippen LogP contribution in [-0.2, 0) is 14.3 Å². The fourth-order valence-corrected chi connectivity index (χ4v) is 5.73. The number of aliphatic hydroxyl groups excluding tert-OH is 4. The van der Waals surface area contributed by atoms with Gasteiger partial charge < -0.3 is 36.2 Å². The molecule has 2 saturated heterocycles. The van der Waals surface area contributed by atoms with Gasteiger partial charge in [0.2, 0.25) is 11.8 Å². The van der Waals surface area contributed by atoms with Crippen LogP contribution >= 0.6 is 11.8 Å². The molecular formula is C21H39N3O7S. The first kappa shape index (κ1) is 27.3. The second-order valence-electron chi connectivity index (χ2n) is 9.11. The van der Waals surface area contributed by atoms with E-state index in [2.05, 4.69) is 12.2 Å². The zero-order valence-corrected chi connectivity index (χ0v) is 20.1. The summed E-state index contributed by atoms with van der Waals surface area (Å²) in [6.07, 6.45) is -2.70. The molecule has 0 aliphatic carbocycles. The van der Waals surface area contributed by atoms with Gasteiger partial charge in [0.05, 0.1) is 18.2 Å². The summed E-state index contributed by atoms with van der Waals surface area (Å²) >= 11 is 1.08. The minimum absolute atomic E-state index is 0.00448. The monoisotopic (exact) mass is 477 g/mol. The molecule has 0 unspecified atom stereocenters. The molecule has 0 radical (unpaired) electrons. The lowest BCUT2D eigenvalue weighted by molar-refractivity contribution is -0.247. The summed E-state index contributed by atoms with van der Waals surface area (Å²) in [5.74, 6) is -0.477. The molecule has 32 heavy (non-hydrogen) atoms. The van der Waals surface area contributed by atoms with Crippen molar-refractivity contribution in [2.45, 2.75) is 93.5 Å². The second kappa shape index (κ2) is 11.5. The molecule has 0 aromatic heterocycles. The number of likely N-dealkylation sites (N-methyl/N-ethyl adjacent to an activating group) is 1. The van der Waals surface area contributed by atoms with Gasteiger partial charge in [0.1, 0.15) is 29.3 Å². The summed E-state index contributed by atoms with van der Waals surface area (Å²) in [6.45, 7) is 4.37. The number of nitrogens with two attached hydrogens (primary N) is 1. The van der Waals surface area contributed by atoms with Crippen LogP contribution in [0.2, 0.25) is 0 Å². The average molecular weight is 478 g/mol. The van der Waals surface area contributed by atoms with Gasteiger partial charge in [-0.25, -0.2) is 0 Å². The van der Waals surface area contributed by atoms with Crippen molar-refractivity contribution in [1.82, 2.24) is 10.2 Å². The van der Waals surface area contributed by atoms with E-state index in [1.54, 1.807) is 6.26 Å². The lowest BCUT2D eigenvalue weighted by atomic mass is 9.87. The smallest absolute Gasteiger partial charge is 0.237 e. The van der Waals surface area contributed by atoms with Crippen LogP contribution in [0, 0.1) is 5.92 Å². The van der Waals surface area contributed by atoms with Crippen molar-refractivity contribution >= 4 is 23.6 Å². The number of aliphatic hydroxyl groups is 4. The van der Waals surface area contributed by atoms with Crippen molar-refractivity contribution in [2.75, 3.05) is 19.8 Å². The van der Waals surface area contributed by atoms with E-state index in [9.17, 15) is 30.0 Å². The van der Waals surface area contributed by atoms with Gasteiger partial charge in [-0.15, -0.1) is 11.8 Å². The minimum atomic E-state index is -1.60. The van der Waals surface area contributed by atoms with E-state index in [4.69, 9.17) is 10.5 Å². The number of carbonyl (C=O) groups is 2. The maximum absolute atomic E-state index is 13.1. The second-order valence-corrected chi connectivity index (χ2v) is 10.2. The van der Waals surface area contributed by atoms with Crippen LogP contribution in [0.3, 0.4) is 0 Å². The molecule has 10 nitrogen and oxygen atoms in total. The molecule has 9 atom stereocenters. The topological polar surface area (TPSA) is 166 Å². The number of likely N-dealkylation sites (tertiary alicyclic amines) is 1. The molecule has 2 rings (SSSR count). The van der Waals surface area contributed by atoms with Gasteiger partial charge in [0.25, 0.3) is 0 Å². The van der Waals surface area contributed by atoms with Crippen molar-refractivity contribution < 1.29 is 34.8 Å². The highest BCUT2D eigenvalue weighted by Gasteiger charge is 2.55. The molecule has 186 valence electrons. The van der Waals surface area contributed by atoms with Crippen LogP contribution in [0.4, 0.5) is 0 Å². The number of hydrogen-bond donors (Lipinski definition) is 6. The Hall–Kier alpha value is -0.950. The van der Waals surface area contributed by atoms with Gasteiger partial charge in [-0.05, 0) is 45.4 Å². The van der Waals surface area contributed by atoms with Gasteiger partial charge in [-0.3, -0.25) is 14.5 Å². The number of nitrogens with one attached hydrogen (secondary N) is 1. The Morgan fingerprint density at radius 3 is 2.50 bits per heavy atom. The van der Waals surface area contributed by atoms with Crippen LogP contribution < -0.4 is 11.1 Å². The molecule has 2 amide bonds. The molecule has 2 aliphatic rings. The molecule has 0 aromatic carbocycles. The lowest BCUT2D eigenvalue weighted by Crippen LogP contribution is -2.69. The highest BCUT2D eigenvalue weighted by atomic mass is 32.2. The van der Waals surface area contributed by atoms with Crippen molar-refractivity contribution in [3.05, 3.63) is 0 Å². The van der Waals surface area contributed by atoms with Gasteiger partial charge in [-0.2, -0.15) is 0 Å². The third kappa shape index (κ3) is 5.94. The third-order valence-electron chi connectivity index (χ3n) is 6.68. The quantitative estimate of drug-likeness (QED) is 0.226. The Morgan fingerprint density at radius 1 is 1.31 bits per heavy atom. The number of nitrogens with zero attached hydrogens (tertiary/aromatic N) is 1. The SMILES string of the molecule is CCC[C@@H]1C[C@@H](C(=O)N[C@@H]([C@H]2O[C@](CCC(N)=O)(SC)[C@H](O)[C@@H](O)[C@H]2O)[C@@H](C)O)N(C)C1. The first-order chi connectivity index (χ1) is 15.0. The molecule has 2 aliphatic heterocycles. The number of carbonyl (C=O) groups excluding carboxylic acids is 2. The van der Waals surface area contributed by atoms with E-state index in [-0.39, 0.29) is 24.8 Å². The maximum Gasteiger partial charge on any atom is 0.237 e. The van der Waals surface area contributed by atoms with Crippen molar-refractivity contribution in [2.24, 2.45) is 11.7 Å². The summed E-state index contributed by atoms with van der Waals surface area (Å²) < 4.78 is 6.05. The zero-order valence-electron chi connectivity index (χ0n) is 19.3. The van der Waals surface area contributed by atoms with Crippen molar-refractivity contribution in [3.63, 3.8) is 0 Å². The Balaban J connectivity index is 2.23. The Kier molecular flexibility index (Phi) is 9.77. The van der Waals surface area contributed by atoms with E-state index in [1.165, 1.54) is 6.92 Å². The number of hydrogen-bond acceptors (Lipinski definition) is 9. The zero-order chi connectivity index (χ0) is 24.2. The Morgan fingerprint density at radius 2 is 1.97 bits per heavy atom. The van der Waals surface area contributed by atoms with E-state index >= 15 is 0 Å². The fraction of sp³-hybridized carbons (Fsp3) is 0.905. The molecule has 2 heterocycles. The molecular weight excluding hydrogens is 438 g/mol. The molecule has 2 fully saturated rings. The highest BCUT2D eigenvalue weighted by molar-refractivity contribution is 7.99. The van der Waals surface area contributed by atoms with Gasteiger partial charge in [-0.1, -0.05) is 13.3 Å². The number of ether oxygens (including phenoxy) is 1. The fourth-order valence-electron chi connectivity index (χ4n) is 4.84. The molecule has 7 N–H and O–H groups in total. The Labute approximate surface area is 193 Å². The van der Waals surface area contributed by atoms with Crippen LogP contribution in [0.25, 0.3) is 0 Å². The van der Waals surface area contributed by atoms with E-state index in [1.807, 2.05) is 11.9 Å². The van der Waals surface area contributed by atoms with Crippen LogP contribution in [0.1, 0.15) is 46.0 Å². The first-order valence-corrected chi connectivity index (χ1v) is 12.4. The lowest BCUT2D eigenvalue weighted by Gasteiger charge is -2.50. The van der Waals surface area contributed by atoms with Crippen LogP contribution in [-0.4, -0.2) is 105 Å². The van der Waals surface area contributed by atoms with E-state index < -0.39 is 47.4 Å². The number of rotatable bonds is 10. The van der Waals surface area contributed by atoms with Gasteiger partial charge >= 0.3 is 0 Å². The third-order valence-corrected chi connectivity index (χ3v) is 7.91. The minimum Gasteiger partial charge on any atom is -0.391 e.